The van der Waals surface area contributed by atoms with E-state index in [1.54, 1.807) is 22.8 Å². The number of nitrogens with one attached hydrogen (secondary N) is 1. The van der Waals surface area contributed by atoms with Crippen molar-refractivity contribution in [2.75, 3.05) is 13.2 Å². The third kappa shape index (κ3) is 4.09. The van der Waals surface area contributed by atoms with E-state index in [1.807, 2.05) is 6.92 Å². The molecule has 1 heterocycles. The fourth-order valence-electron chi connectivity index (χ4n) is 3.93. The number of alkyl halides is 1. The number of amides is 1. The van der Waals surface area contributed by atoms with Crippen LogP contribution in [0.1, 0.15) is 34.2 Å². The second kappa shape index (κ2) is 9.07. The van der Waals surface area contributed by atoms with Crippen molar-refractivity contribution in [3.63, 3.8) is 0 Å². The van der Waals surface area contributed by atoms with Gasteiger partial charge in [-0.3, -0.25) is 4.79 Å². The summed E-state index contributed by atoms with van der Waals surface area (Å²) in [6.07, 6.45) is 0. The van der Waals surface area contributed by atoms with Crippen molar-refractivity contribution in [3.8, 4) is 0 Å². The Morgan fingerprint density at radius 1 is 1.00 bits per heavy atom. The van der Waals surface area contributed by atoms with Crippen LogP contribution in [-0.4, -0.2) is 33.8 Å². The lowest BCUT2D eigenvalue weighted by molar-refractivity contribution is 0.0951. The van der Waals surface area contributed by atoms with Crippen molar-refractivity contribution in [3.05, 3.63) is 101 Å². The number of rotatable bonds is 7. The van der Waals surface area contributed by atoms with Crippen LogP contribution in [-0.2, 0) is 12.1 Å². The second-order valence-electron chi connectivity index (χ2n) is 7.55. The van der Waals surface area contributed by atoms with Crippen molar-refractivity contribution in [1.29, 1.82) is 0 Å². The van der Waals surface area contributed by atoms with E-state index in [0.29, 0.717) is 34.3 Å². The molecule has 4 rings (SSSR count). The summed E-state index contributed by atoms with van der Waals surface area (Å²) in [5, 5.41) is 14.6. The molecule has 0 spiro atoms. The molecule has 3 aromatic carbocycles. The monoisotopic (exact) mass is 453 g/mol. The fourth-order valence-corrected chi connectivity index (χ4v) is 3.93. The molecule has 2 N–H and O–H groups in total. The van der Waals surface area contributed by atoms with Crippen LogP contribution in [0.25, 0.3) is 11.0 Å². The van der Waals surface area contributed by atoms with Gasteiger partial charge in [-0.2, -0.15) is 0 Å². The van der Waals surface area contributed by atoms with E-state index in [0.717, 1.165) is 0 Å². The van der Waals surface area contributed by atoms with E-state index >= 15 is 0 Å². The first-order valence-electron chi connectivity index (χ1n) is 10.5. The van der Waals surface area contributed by atoms with E-state index in [2.05, 4.69) is 10.3 Å². The minimum absolute atomic E-state index is 0.0932. The number of carbonyl (C=O) groups excluding carboxylic acids is 1. The summed E-state index contributed by atoms with van der Waals surface area (Å²) in [6, 6.07) is 15.6. The average Bonchev–Trinajstić information content (AvgIpc) is 3.21. The number of nitrogens with zero attached hydrogens (tertiary/aromatic N) is 2. The summed E-state index contributed by atoms with van der Waals surface area (Å²) in [5.74, 6) is -1.12. The normalized spacial score (nSPS) is 11.7. The molecule has 0 aliphatic carbocycles. The van der Waals surface area contributed by atoms with Crippen LogP contribution in [0.5, 0.6) is 0 Å². The Hall–Kier alpha value is -3.65. The SMILES string of the molecule is CCn1c(C(O)(c2ccc(F)cc2)c2ccc(F)cc2)nc2ccc(C(=O)NCCF)cc21. The number of fused-ring (bicyclic) bond motifs is 1. The number of benzene rings is 3. The molecule has 1 amide bonds. The van der Waals surface area contributed by atoms with Crippen LogP contribution in [0.3, 0.4) is 0 Å². The first kappa shape index (κ1) is 22.5. The number of aryl methyl sites for hydroxylation is 1. The lowest BCUT2D eigenvalue weighted by Gasteiger charge is -2.29. The van der Waals surface area contributed by atoms with E-state index < -0.39 is 29.8 Å². The molecule has 33 heavy (non-hydrogen) atoms. The molecular weight excluding hydrogens is 431 g/mol. The zero-order chi connectivity index (χ0) is 23.6. The van der Waals surface area contributed by atoms with Crippen molar-refractivity contribution < 1.29 is 23.1 Å². The summed E-state index contributed by atoms with van der Waals surface area (Å²) in [4.78, 5) is 17.0. The van der Waals surface area contributed by atoms with Gasteiger partial charge in [-0.1, -0.05) is 24.3 Å². The number of aromatic nitrogens is 2. The number of halogens is 3. The van der Waals surface area contributed by atoms with Crippen molar-refractivity contribution in [2.24, 2.45) is 0 Å². The smallest absolute Gasteiger partial charge is 0.251 e. The lowest BCUT2D eigenvalue weighted by atomic mass is 9.85. The van der Waals surface area contributed by atoms with Gasteiger partial charge >= 0.3 is 0 Å². The van der Waals surface area contributed by atoms with Gasteiger partial charge in [0.25, 0.3) is 5.91 Å². The molecule has 0 radical (unpaired) electrons. The van der Waals surface area contributed by atoms with Gasteiger partial charge in [0.2, 0.25) is 0 Å². The molecule has 5 nitrogen and oxygen atoms in total. The summed E-state index contributed by atoms with van der Waals surface area (Å²) in [6.45, 7) is 1.49. The molecule has 0 atom stereocenters. The highest BCUT2D eigenvalue weighted by atomic mass is 19.1. The van der Waals surface area contributed by atoms with Gasteiger partial charge in [0.1, 0.15) is 18.3 Å². The average molecular weight is 453 g/mol. The first-order chi connectivity index (χ1) is 15.9. The van der Waals surface area contributed by atoms with Crippen LogP contribution in [0.15, 0.2) is 66.7 Å². The van der Waals surface area contributed by atoms with Gasteiger partial charge in [0.15, 0.2) is 11.4 Å². The van der Waals surface area contributed by atoms with Crippen molar-refractivity contribution in [2.45, 2.75) is 19.1 Å². The molecule has 0 saturated heterocycles. The minimum Gasteiger partial charge on any atom is -0.373 e. The zero-order valence-electron chi connectivity index (χ0n) is 17.9. The molecule has 0 bridgehead atoms. The molecule has 0 aliphatic heterocycles. The third-order valence-electron chi connectivity index (χ3n) is 5.55. The minimum atomic E-state index is -1.83. The zero-order valence-corrected chi connectivity index (χ0v) is 17.9. The molecule has 170 valence electrons. The molecule has 0 unspecified atom stereocenters. The largest absolute Gasteiger partial charge is 0.373 e. The predicted octanol–water partition coefficient (Wildman–Crippen LogP) is 4.32. The summed E-state index contributed by atoms with van der Waals surface area (Å²) in [7, 11) is 0. The van der Waals surface area contributed by atoms with Crippen molar-refractivity contribution >= 4 is 16.9 Å². The predicted molar refractivity (Wildman–Crippen MR) is 119 cm³/mol. The number of hydrogen-bond donors (Lipinski definition) is 2. The standard InChI is InChI=1S/C25H22F3N3O2/c1-2-31-22-15-16(23(32)29-14-13-26)3-12-21(22)30-24(31)25(33,17-4-8-19(27)9-5-17)18-6-10-20(28)11-7-18/h3-12,15,33H,2,13-14H2,1H3,(H,29,32). The number of imidazole rings is 1. The van der Waals surface area contributed by atoms with E-state index in [9.17, 15) is 23.1 Å². The highest BCUT2D eigenvalue weighted by molar-refractivity contribution is 5.97. The number of carbonyl (C=O) groups is 1. The summed E-state index contributed by atoms with van der Waals surface area (Å²) in [5.41, 5.74) is 0.305. The van der Waals surface area contributed by atoms with Crippen molar-refractivity contribution in [1.82, 2.24) is 14.9 Å². The summed E-state index contributed by atoms with van der Waals surface area (Å²) >= 11 is 0. The van der Waals surface area contributed by atoms with Crippen LogP contribution in [0.2, 0.25) is 0 Å². The van der Waals surface area contributed by atoms with Gasteiger partial charge in [-0.15, -0.1) is 0 Å². The van der Waals surface area contributed by atoms with Gasteiger partial charge in [-0.05, 0) is 60.5 Å². The topological polar surface area (TPSA) is 67.1 Å². The van der Waals surface area contributed by atoms with E-state index in [-0.39, 0.29) is 12.4 Å². The molecule has 8 heteroatoms. The lowest BCUT2D eigenvalue weighted by Crippen LogP contribution is -2.32. The maximum absolute atomic E-state index is 13.6. The Morgan fingerprint density at radius 2 is 1.58 bits per heavy atom. The van der Waals surface area contributed by atoms with Crippen LogP contribution >= 0.6 is 0 Å². The molecule has 0 fully saturated rings. The number of hydrogen-bond acceptors (Lipinski definition) is 3. The van der Waals surface area contributed by atoms with Gasteiger partial charge in [0, 0.05) is 18.7 Å². The summed E-state index contributed by atoms with van der Waals surface area (Å²) < 4.78 is 41.5. The maximum Gasteiger partial charge on any atom is 0.251 e. The molecule has 1 aromatic heterocycles. The Labute approximate surface area is 188 Å². The number of aliphatic hydroxyl groups is 1. The molecule has 4 aromatic rings. The van der Waals surface area contributed by atoms with Gasteiger partial charge < -0.3 is 15.0 Å². The molecular formula is C25H22F3N3O2. The Balaban J connectivity index is 1.94. The highest BCUT2D eigenvalue weighted by Crippen LogP contribution is 2.38. The Morgan fingerprint density at radius 3 is 2.09 bits per heavy atom. The molecule has 0 saturated carbocycles. The fraction of sp³-hybridized carbons (Fsp3) is 0.200. The van der Waals surface area contributed by atoms with Gasteiger partial charge in [0.05, 0.1) is 11.0 Å². The Kier molecular flexibility index (Phi) is 6.20. The van der Waals surface area contributed by atoms with E-state index in [4.69, 9.17) is 0 Å². The maximum atomic E-state index is 13.6. The third-order valence-corrected chi connectivity index (χ3v) is 5.55. The molecule has 0 aliphatic rings. The van der Waals surface area contributed by atoms with Gasteiger partial charge in [-0.25, -0.2) is 18.2 Å². The van der Waals surface area contributed by atoms with Crippen LogP contribution in [0.4, 0.5) is 13.2 Å². The van der Waals surface area contributed by atoms with Crippen LogP contribution < -0.4 is 5.32 Å². The first-order valence-corrected chi connectivity index (χ1v) is 10.5. The van der Waals surface area contributed by atoms with E-state index in [1.165, 1.54) is 48.5 Å². The highest BCUT2D eigenvalue weighted by Gasteiger charge is 2.39. The second-order valence-corrected chi connectivity index (χ2v) is 7.55. The Bertz CT molecular complexity index is 1240. The van der Waals surface area contributed by atoms with Crippen LogP contribution in [0, 0.1) is 11.6 Å². The quantitative estimate of drug-likeness (QED) is 0.438.